The van der Waals surface area contributed by atoms with E-state index < -0.39 is 0 Å². The van der Waals surface area contributed by atoms with Crippen LogP contribution in [0.25, 0.3) is 0 Å². The third kappa shape index (κ3) is 6.20. The third-order valence-electron chi connectivity index (χ3n) is 1.77. The highest BCUT2D eigenvalue weighted by atomic mass is 16.5. The molecule has 0 aromatic carbocycles. The van der Waals surface area contributed by atoms with Gasteiger partial charge in [0.15, 0.2) is 0 Å². The lowest BCUT2D eigenvalue weighted by molar-refractivity contribution is -0.146. The molecule has 0 fully saturated rings. The second kappa shape index (κ2) is 7.14. The number of hydrogen-bond acceptors (Lipinski definition) is 2. The lowest BCUT2D eigenvalue weighted by Gasteiger charge is -2.09. The molecule has 0 aromatic rings. The van der Waals surface area contributed by atoms with Crippen molar-refractivity contribution in [3.8, 4) is 0 Å². The topological polar surface area (TPSA) is 26.3 Å². The highest BCUT2D eigenvalue weighted by Gasteiger charge is 2.06. The van der Waals surface area contributed by atoms with E-state index in [1.807, 2.05) is 20.3 Å². The molecule has 2 heteroatoms. The van der Waals surface area contributed by atoms with E-state index >= 15 is 0 Å². The molecule has 1 atom stereocenters. The zero-order valence-corrected chi connectivity index (χ0v) is 8.30. The molecule has 0 aliphatic rings. The van der Waals surface area contributed by atoms with Crippen LogP contribution in [-0.2, 0) is 9.53 Å². The van der Waals surface area contributed by atoms with E-state index in [9.17, 15) is 4.79 Å². The number of unbranched alkanes of at least 4 members (excludes halogenated alkanes) is 2. The van der Waals surface area contributed by atoms with E-state index in [0.717, 1.165) is 19.3 Å². The Bertz CT molecular complexity index is 121. The molecule has 0 saturated heterocycles. The molecule has 0 bridgehead atoms. The van der Waals surface area contributed by atoms with Crippen molar-refractivity contribution in [2.75, 3.05) is 0 Å². The average molecular weight is 171 g/mol. The number of esters is 1. The second-order valence-electron chi connectivity index (χ2n) is 2.99. The summed E-state index contributed by atoms with van der Waals surface area (Å²) in [6.45, 7) is 5.88. The molecule has 0 amide bonds. The summed E-state index contributed by atoms with van der Waals surface area (Å²) >= 11 is 0. The summed E-state index contributed by atoms with van der Waals surface area (Å²) in [6, 6.07) is 0. The van der Waals surface area contributed by atoms with Crippen LogP contribution in [0.1, 0.15) is 46.5 Å². The van der Waals surface area contributed by atoms with Crippen LogP contribution in [0.2, 0.25) is 0 Å². The molecule has 71 valence electrons. The summed E-state index contributed by atoms with van der Waals surface area (Å²) in [4.78, 5) is 11.0. The number of rotatable bonds is 6. The lowest BCUT2D eigenvalue weighted by atomic mass is 10.2. The Kier molecular flexibility index (Phi) is 6.82. The van der Waals surface area contributed by atoms with Crippen LogP contribution in [0.3, 0.4) is 0 Å². The maximum absolute atomic E-state index is 11.0. The van der Waals surface area contributed by atoms with Gasteiger partial charge in [-0.1, -0.05) is 26.7 Å². The van der Waals surface area contributed by atoms with Crippen LogP contribution in [0.5, 0.6) is 0 Å². The van der Waals surface area contributed by atoms with Gasteiger partial charge in [-0.15, -0.1) is 0 Å². The molecular formula is C10H19O2. The van der Waals surface area contributed by atoms with Gasteiger partial charge < -0.3 is 4.74 Å². The molecule has 0 N–H and O–H groups in total. The van der Waals surface area contributed by atoms with Crippen molar-refractivity contribution in [1.29, 1.82) is 0 Å². The van der Waals surface area contributed by atoms with Gasteiger partial charge in [-0.25, -0.2) is 0 Å². The van der Waals surface area contributed by atoms with Crippen molar-refractivity contribution in [2.45, 2.75) is 52.6 Å². The van der Waals surface area contributed by atoms with Crippen molar-refractivity contribution in [3.05, 3.63) is 6.42 Å². The molecule has 12 heavy (non-hydrogen) atoms. The Morgan fingerprint density at radius 2 is 2.17 bits per heavy atom. The van der Waals surface area contributed by atoms with Gasteiger partial charge in [-0.05, 0) is 19.8 Å². The van der Waals surface area contributed by atoms with E-state index in [0.29, 0.717) is 6.42 Å². The van der Waals surface area contributed by atoms with Crippen LogP contribution in [0.15, 0.2) is 0 Å². The summed E-state index contributed by atoms with van der Waals surface area (Å²) in [5.41, 5.74) is 0. The third-order valence-corrected chi connectivity index (χ3v) is 1.77. The van der Waals surface area contributed by atoms with Gasteiger partial charge in [-0.3, -0.25) is 4.79 Å². The molecule has 0 aliphatic heterocycles. The van der Waals surface area contributed by atoms with E-state index in [-0.39, 0.29) is 12.1 Å². The van der Waals surface area contributed by atoms with Gasteiger partial charge in [0.1, 0.15) is 6.10 Å². The van der Waals surface area contributed by atoms with Crippen molar-refractivity contribution >= 4 is 5.97 Å². The zero-order valence-electron chi connectivity index (χ0n) is 8.30. The van der Waals surface area contributed by atoms with Crippen molar-refractivity contribution in [1.82, 2.24) is 0 Å². The fourth-order valence-corrected chi connectivity index (χ4v) is 0.854. The minimum Gasteiger partial charge on any atom is -0.462 e. The molecule has 0 rings (SSSR count). The predicted molar refractivity (Wildman–Crippen MR) is 49.7 cm³/mol. The normalized spacial score (nSPS) is 12.6. The summed E-state index contributed by atoms with van der Waals surface area (Å²) in [5, 5.41) is 0. The Hall–Kier alpha value is -0.530. The highest BCUT2D eigenvalue weighted by Crippen LogP contribution is 2.03. The number of carbonyl (C=O) groups excluding carboxylic acids is 1. The molecular weight excluding hydrogens is 152 g/mol. The summed E-state index contributed by atoms with van der Waals surface area (Å²) < 4.78 is 5.05. The SMILES string of the molecule is C[CH][C@H](C)OC(=O)CCCCC. The van der Waals surface area contributed by atoms with Gasteiger partial charge in [0, 0.05) is 6.42 Å². The summed E-state index contributed by atoms with van der Waals surface area (Å²) in [5.74, 6) is -0.0750. The van der Waals surface area contributed by atoms with Crippen LogP contribution < -0.4 is 0 Å². The van der Waals surface area contributed by atoms with Crippen molar-refractivity contribution < 1.29 is 9.53 Å². The minimum absolute atomic E-state index is 0.0425. The van der Waals surface area contributed by atoms with Crippen LogP contribution in [-0.4, -0.2) is 12.1 Å². The average Bonchev–Trinajstić information content (AvgIpc) is 2.05. The molecule has 0 aromatic heterocycles. The van der Waals surface area contributed by atoms with Crippen LogP contribution >= 0.6 is 0 Å². The minimum atomic E-state index is -0.0750. The maximum Gasteiger partial charge on any atom is 0.306 e. The Morgan fingerprint density at radius 1 is 1.50 bits per heavy atom. The lowest BCUT2D eigenvalue weighted by Crippen LogP contribution is -2.13. The summed E-state index contributed by atoms with van der Waals surface area (Å²) in [7, 11) is 0. The fourth-order valence-electron chi connectivity index (χ4n) is 0.854. The zero-order chi connectivity index (χ0) is 9.40. The standard InChI is InChI=1S/C10H19O2/c1-4-6-7-8-10(11)12-9(3)5-2/h5,9H,4,6-8H2,1-3H3/t9-/m0/s1. The van der Waals surface area contributed by atoms with E-state index in [1.165, 1.54) is 0 Å². The Morgan fingerprint density at radius 3 is 2.67 bits per heavy atom. The monoisotopic (exact) mass is 171 g/mol. The first-order chi connectivity index (χ1) is 5.70. The molecule has 0 spiro atoms. The Balaban J connectivity index is 3.33. The van der Waals surface area contributed by atoms with E-state index in [1.54, 1.807) is 0 Å². The number of carbonyl (C=O) groups is 1. The van der Waals surface area contributed by atoms with Gasteiger partial charge in [0.05, 0.1) is 0 Å². The summed E-state index contributed by atoms with van der Waals surface area (Å²) in [6.07, 6.45) is 5.59. The maximum atomic E-state index is 11.0. The molecule has 0 aliphatic carbocycles. The Labute approximate surface area is 75.3 Å². The first kappa shape index (κ1) is 11.5. The van der Waals surface area contributed by atoms with Crippen molar-refractivity contribution in [2.24, 2.45) is 0 Å². The molecule has 0 unspecified atom stereocenters. The smallest absolute Gasteiger partial charge is 0.306 e. The van der Waals surface area contributed by atoms with Crippen molar-refractivity contribution in [3.63, 3.8) is 0 Å². The number of hydrogen-bond donors (Lipinski definition) is 0. The van der Waals surface area contributed by atoms with Crippen LogP contribution in [0.4, 0.5) is 0 Å². The van der Waals surface area contributed by atoms with E-state index in [4.69, 9.17) is 4.74 Å². The first-order valence-corrected chi connectivity index (χ1v) is 4.69. The second-order valence-corrected chi connectivity index (χ2v) is 2.99. The predicted octanol–water partition coefficient (Wildman–Crippen LogP) is 2.72. The van der Waals surface area contributed by atoms with E-state index in [2.05, 4.69) is 6.92 Å². The van der Waals surface area contributed by atoms with Crippen LogP contribution in [0, 0.1) is 6.42 Å². The molecule has 1 radical (unpaired) electrons. The van der Waals surface area contributed by atoms with Gasteiger partial charge in [0.25, 0.3) is 0 Å². The first-order valence-electron chi connectivity index (χ1n) is 4.69. The molecule has 0 saturated carbocycles. The largest absolute Gasteiger partial charge is 0.462 e. The molecule has 2 nitrogen and oxygen atoms in total. The van der Waals surface area contributed by atoms with Gasteiger partial charge >= 0.3 is 5.97 Å². The van der Waals surface area contributed by atoms with Gasteiger partial charge in [-0.2, -0.15) is 0 Å². The highest BCUT2D eigenvalue weighted by molar-refractivity contribution is 5.69. The van der Waals surface area contributed by atoms with Gasteiger partial charge in [0.2, 0.25) is 0 Å². The fraction of sp³-hybridized carbons (Fsp3) is 0.800. The quantitative estimate of drug-likeness (QED) is 0.453. The molecule has 0 heterocycles. The number of ether oxygens (including phenoxy) is 1.